The average molecular weight is 255 g/mol. The van der Waals surface area contributed by atoms with Gasteiger partial charge in [0.05, 0.1) is 0 Å². The van der Waals surface area contributed by atoms with Crippen LogP contribution in [0.5, 0.6) is 0 Å². The predicted octanol–water partition coefficient (Wildman–Crippen LogP) is 5.28. The van der Waals surface area contributed by atoms with Crippen LogP contribution in [-0.4, -0.2) is 4.98 Å². The minimum Gasteiger partial charge on any atom is -0.361 e. The highest BCUT2D eigenvalue weighted by Crippen LogP contribution is 2.29. The highest BCUT2D eigenvalue weighted by atomic mass is 14.7. The van der Waals surface area contributed by atoms with Gasteiger partial charge in [0, 0.05) is 11.9 Å². The van der Waals surface area contributed by atoms with Crippen LogP contribution in [0.25, 0.3) is 11.3 Å². The van der Waals surface area contributed by atoms with E-state index in [4.69, 9.17) is 0 Å². The first kappa shape index (κ1) is 13.9. The molecule has 0 saturated heterocycles. The molecule has 2 rings (SSSR count). The second-order valence-electron chi connectivity index (χ2n) is 7.38. The Bertz CT molecular complexity index is 545. The Morgan fingerprint density at radius 1 is 0.737 bits per heavy atom. The van der Waals surface area contributed by atoms with Crippen molar-refractivity contribution in [1.82, 2.24) is 4.98 Å². The number of hydrogen-bond acceptors (Lipinski definition) is 0. The third-order valence-corrected chi connectivity index (χ3v) is 3.61. The van der Waals surface area contributed by atoms with E-state index in [9.17, 15) is 0 Å². The van der Waals surface area contributed by atoms with E-state index in [1.807, 2.05) is 0 Å². The van der Waals surface area contributed by atoms with Crippen LogP contribution in [0, 0.1) is 0 Å². The molecule has 1 N–H and O–H groups in total. The summed E-state index contributed by atoms with van der Waals surface area (Å²) < 4.78 is 0. The van der Waals surface area contributed by atoms with Gasteiger partial charge in [-0.05, 0) is 33.6 Å². The Balaban J connectivity index is 2.31. The fourth-order valence-corrected chi connectivity index (χ4v) is 2.14. The van der Waals surface area contributed by atoms with Gasteiger partial charge in [-0.15, -0.1) is 0 Å². The van der Waals surface area contributed by atoms with Crippen LogP contribution in [0.15, 0.2) is 36.5 Å². The van der Waals surface area contributed by atoms with Gasteiger partial charge in [-0.25, -0.2) is 0 Å². The first-order valence-electron chi connectivity index (χ1n) is 6.98. The lowest BCUT2D eigenvalue weighted by molar-refractivity contribution is 0.590. The van der Waals surface area contributed by atoms with Crippen molar-refractivity contribution in [3.63, 3.8) is 0 Å². The number of H-pyrrole nitrogens is 1. The first-order chi connectivity index (χ1) is 8.68. The minimum absolute atomic E-state index is 0.195. The molecule has 0 saturated carbocycles. The molecule has 1 aromatic carbocycles. The molecule has 0 aliphatic heterocycles. The predicted molar refractivity (Wildman–Crippen MR) is 83.6 cm³/mol. The lowest BCUT2D eigenvalue weighted by atomic mass is 9.86. The Labute approximate surface area is 117 Å². The van der Waals surface area contributed by atoms with Crippen LogP contribution < -0.4 is 0 Å². The van der Waals surface area contributed by atoms with Gasteiger partial charge in [0.25, 0.3) is 0 Å². The molecule has 1 nitrogen and oxygen atoms in total. The molecule has 0 amide bonds. The molecule has 0 unspecified atom stereocenters. The summed E-state index contributed by atoms with van der Waals surface area (Å²) in [6, 6.07) is 11.1. The molecule has 1 heterocycles. The molecule has 0 aliphatic rings. The average Bonchev–Trinajstić information content (AvgIpc) is 2.77. The molecule has 2 aromatic rings. The number of aromatic amines is 1. The maximum atomic E-state index is 3.39. The molecular formula is C18H25N. The number of hydrogen-bond donors (Lipinski definition) is 1. The third-order valence-electron chi connectivity index (χ3n) is 3.61. The summed E-state index contributed by atoms with van der Waals surface area (Å²) in [7, 11) is 0. The zero-order valence-corrected chi connectivity index (χ0v) is 13.0. The standard InChI is InChI=1S/C18H25N/c1-17(2,3)14-9-7-13(8-10-14)16-11-15(12-19-16)18(4,5)6/h7-12,19H,1-6H3. The number of rotatable bonds is 1. The van der Waals surface area contributed by atoms with E-state index in [0.717, 1.165) is 0 Å². The zero-order valence-electron chi connectivity index (χ0n) is 13.0. The normalized spacial score (nSPS) is 12.7. The van der Waals surface area contributed by atoms with Crippen molar-refractivity contribution in [3.05, 3.63) is 47.7 Å². The van der Waals surface area contributed by atoms with Crippen LogP contribution in [0.3, 0.4) is 0 Å². The van der Waals surface area contributed by atoms with Crippen molar-refractivity contribution in [3.8, 4) is 11.3 Å². The molecule has 0 atom stereocenters. The molecule has 0 spiro atoms. The van der Waals surface area contributed by atoms with Gasteiger partial charge in [-0.3, -0.25) is 0 Å². The maximum Gasteiger partial charge on any atom is 0.0456 e. The summed E-state index contributed by atoms with van der Waals surface area (Å²) in [5.74, 6) is 0. The second-order valence-corrected chi connectivity index (χ2v) is 7.38. The summed E-state index contributed by atoms with van der Waals surface area (Å²) in [6.07, 6.45) is 2.12. The summed E-state index contributed by atoms with van der Waals surface area (Å²) in [4.78, 5) is 3.39. The van der Waals surface area contributed by atoms with E-state index in [1.54, 1.807) is 0 Å². The van der Waals surface area contributed by atoms with Crippen molar-refractivity contribution in [2.75, 3.05) is 0 Å². The van der Waals surface area contributed by atoms with Gasteiger partial charge >= 0.3 is 0 Å². The zero-order chi connectivity index (χ0) is 14.3. The van der Waals surface area contributed by atoms with Crippen LogP contribution >= 0.6 is 0 Å². The van der Waals surface area contributed by atoms with Crippen LogP contribution in [0.1, 0.15) is 52.7 Å². The van der Waals surface area contributed by atoms with E-state index >= 15 is 0 Å². The van der Waals surface area contributed by atoms with Crippen LogP contribution in [0.2, 0.25) is 0 Å². The van der Waals surface area contributed by atoms with Crippen LogP contribution in [0.4, 0.5) is 0 Å². The maximum absolute atomic E-state index is 3.39. The van der Waals surface area contributed by atoms with E-state index in [-0.39, 0.29) is 10.8 Å². The topological polar surface area (TPSA) is 15.8 Å². The molecule has 1 heteroatoms. The summed E-state index contributed by atoms with van der Waals surface area (Å²) in [5, 5.41) is 0. The molecular weight excluding hydrogens is 230 g/mol. The molecule has 1 aromatic heterocycles. The summed E-state index contributed by atoms with van der Waals surface area (Å²) >= 11 is 0. The fraction of sp³-hybridized carbons (Fsp3) is 0.444. The third kappa shape index (κ3) is 3.09. The van der Waals surface area contributed by atoms with Crippen molar-refractivity contribution in [2.45, 2.75) is 52.4 Å². The Hall–Kier alpha value is -1.50. The molecule has 0 radical (unpaired) electrons. The SMILES string of the molecule is CC(C)(C)c1ccc(-c2cc(C(C)(C)C)c[nH]2)cc1. The second kappa shape index (κ2) is 4.56. The van der Waals surface area contributed by atoms with E-state index < -0.39 is 0 Å². The monoisotopic (exact) mass is 255 g/mol. The number of aromatic nitrogens is 1. The molecule has 19 heavy (non-hydrogen) atoms. The Kier molecular flexibility index (Phi) is 3.34. The van der Waals surface area contributed by atoms with Crippen LogP contribution in [-0.2, 0) is 10.8 Å². The van der Waals surface area contributed by atoms with Gasteiger partial charge in [0.15, 0.2) is 0 Å². The van der Waals surface area contributed by atoms with Crippen molar-refractivity contribution < 1.29 is 0 Å². The summed E-state index contributed by atoms with van der Waals surface area (Å²) in [6.45, 7) is 13.4. The fourth-order valence-electron chi connectivity index (χ4n) is 2.14. The summed E-state index contributed by atoms with van der Waals surface area (Å²) in [5.41, 5.74) is 5.58. The quantitative estimate of drug-likeness (QED) is 0.714. The number of nitrogens with one attached hydrogen (secondary N) is 1. The smallest absolute Gasteiger partial charge is 0.0456 e. The van der Waals surface area contributed by atoms with Crippen molar-refractivity contribution in [2.24, 2.45) is 0 Å². The van der Waals surface area contributed by atoms with E-state index in [1.165, 1.54) is 22.4 Å². The Morgan fingerprint density at radius 3 is 1.68 bits per heavy atom. The van der Waals surface area contributed by atoms with Gasteiger partial charge in [-0.1, -0.05) is 65.8 Å². The van der Waals surface area contributed by atoms with Crippen molar-refractivity contribution in [1.29, 1.82) is 0 Å². The van der Waals surface area contributed by atoms with E-state index in [0.29, 0.717) is 0 Å². The van der Waals surface area contributed by atoms with Crippen molar-refractivity contribution >= 4 is 0 Å². The highest BCUT2D eigenvalue weighted by Gasteiger charge is 2.16. The number of benzene rings is 1. The lowest BCUT2D eigenvalue weighted by Crippen LogP contribution is -2.10. The lowest BCUT2D eigenvalue weighted by Gasteiger charge is -2.19. The Morgan fingerprint density at radius 2 is 1.26 bits per heavy atom. The molecule has 0 fully saturated rings. The van der Waals surface area contributed by atoms with E-state index in [2.05, 4.69) is 83.1 Å². The van der Waals surface area contributed by atoms with Gasteiger partial charge in [-0.2, -0.15) is 0 Å². The van der Waals surface area contributed by atoms with Gasteiger partial charge in [0.2, 0.25) is 0 Å². The van der Waals surface area contributed by atoms with Gasteiger partial charge < -0.3 is 4.98 Å². The molecule has 102 valence electrons. The highest BCUT2D eigenvalue weighted by molar-refractivity contribution is 5.61. The molecule has 0 bridgehead atoms. The minimum atomic E-state index is 0.195. The van der Waals surface area contributed by atoms with Gasteiger partial charge in [0.1, 0.15) is 0 Å². The first-order valence-corrected chi connectivity index (χ1v) is 6.98. The molecule has 0 aliphatic carbocycles. The largest absolute Gasteiger partial charge is 0.361 e.